The molecule has 4 nitrogen and oxygen atoms in total. The summed E-state index contributed by atoms with van der Waals surface area (Å²) in [6.07, 6.45) is 1.06. The van der Waals surface area contributed by atoms with Crippen LogP contribution in [0.15, 0.2) is 0 Å². The number of nitrogens with zero attached hydrogens (tertiary/aromatic N) is 1. The van der Waals surface area contributed by atoms with Gasteiger partial charge in [-0.1, -0.05) is 13.8 Å². The van der Waals surface area contributed by atoms with Crippen molar-refractivity contribution in [1.82, 2.24) is 4.90 Å². The lowest BCUT2D eigenvalue weighted by atomic mass is 10.0. The van der Waals surface area contributed by atoms with Crippen molar-refractivity contribution in [2.75, 3.05) is 40.5 Å². The van der Waals surface area contributed by atoms with Gasteiger partial charge >= 0.3 is 0 Å². The molecule has 2 N–H and O–H groups in total. The zero-order valence-electron chi connectivity index (χ0n) is 12.1. The predicted octanol–water partition coefficient (Wildman–Crippen LogP) is 1.34. The molecule has 0 bridgehead atoms. The highest BCUT2D eigenvalue weighted by atomic mass is 16.5. The van der Waals surface area contributed by atoms with E-state index in [2.05, 4.69) is 25.7 Å². The van der Waals surface area contributed by atoms with Gasteiger partial charge in [-0.15, -0.1) is 0 Å². The van der Waals surface area contributed by atoms with Gasteiger partial charge in [0, 0.05) is 39.4 Å². The van der Waals surface area contributed by atoms with E-state index < -0.39 is 0 Å². The summed E-state index contributed by atoms with van der Waals surface area (Å²) in [6.45, 7) is 9.87. The van der Waals surface area contributed by atoms with Gasteiger partial charge in [0.1, 0.15) is 0 Å². The van der Waals surface area contributed by atoms with Crippen LogP contribution in [0.2, 0.25) is 0 Å². The molecule has 0 aromatic heterocycles. The molecule has 0 aromatic rings. The molecule has 17 heavy (non-hydrogen) atoms. The van der Waals surface area contributed by atoms with E-state index >= 15 is 0 Å². The van der Waals surface area contributed by atoms with Crippen molar-refractivity contribution < 1.29 is 9.47 Å². The Hall–Kier alpha value is -0.160. The molecular formula is C13H30N2O2. The number of hydrogen-bond acceptors (Lipinski definition) is 4. The topological polar surface area (TPSA) is 47.7 Å². The van der Waals surface area contributed by atoms with Crippen LogP contribution >= 0.6 is 0 Å². The third-order valence-corrected chi connectivity index (χ3v) is 2.86. The number of nitrogens with two attached hydrogens (primary N) is 1. The van der Waals surface area contributed by atoms with Crippen LogP contribution < -0.4 is 5.73 Å². The highest BCUT2D eigenvalue weighted by molar-refractivity contribution is 4.74. The molecule has 0 saturated heterocycles. The lowest BCUT2D eigenvalue weighted by Gasteiger charge is -2.31. The molecule has 104 valence electrons. The van der Waals surface area contributed by atoms with Crippen molar-refractivity contribution in [2.45, 2.75) is 39.3 Å². The summed E-state index contributed by atoms with van der Waals surface area (Å²) < 4.78 is 10.3. The Morgan fingerprint density at radius 1 is 1.12 bits per heavy atom. The Kier molecular flexibility index (Phi) is 9.74. The van der Waals surface area contributed by atoms with Crippen LogP contribution in [0.5, 0.6) is 0 Å². The Labute approximate surface area is 106 Å². The standard InChI is InChI=1S/C13H30N2O2/c1-11(2)8-13(14)9-15(6-7-16-4)12(3)10-17-5/h11-13H,6-10,14H2,1-5H3/t12?,13-/m1/s1. The second-order valence-corrected chi connectivity index (χ2v) is 5.18. The second kappa shape index (κ2) is 9.83. The van der Waals surface area contributed by atoms with Crippen LogP contribution in [0.4, 0.5) is 0 Å². The van der Waals surface area contributed by atoms with Gasteiger partial charge in [0.15, 0.2) is 0 Å². The highest BCUT2D eigenvalue weighted by Gasteiger charge is 2.17. The van der Waals surface area contributed by atoms with Crippen LogP contribution in [-0.4, -0.2) is 57.5 Å². The SMILES string of the molecule is COCCN(C[C@H](N)CC(C)C)C(C)COC. The van der Waals surface area contributed by atoms with E-state index in [1.54, 1.807) is 14.2 Å². The van der Waals surface area contributed by atoms with Gasteiger partial charge in [0.25, 0.3) is 0 Å². The number of methoxy groups -OCH3 is 2. The molecule has 0 aromatic carbocycles. The fourth-order valence-electron chi connectivity index (χ4n) is 2.03. The summed E-state index contributed by atoms with van der Waals surface area (Å²) in [7, 11) is 3.46. The molecule has 4 heteroatoms. The van der Waals surface area contributed by atoms with Crippen LogP contribution in [-0.2, 0) is 9.47 Å². The second-order valence-electron chi connectivity index (χ2n) is 5.18. The molecule has 0 fully saturated rings. The first-order valence-electron chi connectivity index (χ1n) is 6.48. The molecule has 0 spiro atoms. The predicted molar refractivity (Wildman–Crippen MR) is 72.2 cm³/mol. The van der Waals surface area contributed by atoms with Crippen molar-refractivity contribution in [3.63, 3.8) is 0 Å². The fourth-order valence-corrected chi connectivity index (χ4v) is 2.03. The van der Waals surface area contributed by atoms with Gasteiger partial charge in [-0.25, -0.2) is 0 Å². The smallest absolute Gasteiger partial charge is 0.0615 e. The molecule has 0 radical (unpaired) electrons. The van der Waals surface area contributed by atoms with Gasteiger partial charge in [-0.2, -0.15) is 0 Å². The highest BCUT2D eigenvalue weighted by Crippen LogP contribution is 2.07. The van der Waals surface area contributed by atoms with Gasteiger partial charge in [0.05, 0.1) is 13.2 Å². The third kappa shape index (κ3) is 8.55. The lowest BCUT2D eigenvalue weighted by Crippen LogP contribution is -2.45. The van der Waals surface area contributed by atoms with Crippen LogP contribution in [0.3, 0.4) is 0 Å². The van der Waals surface area contributed by atoms with Gasteiger partial charge < -0.3 is 15.2 Å². The third-order valence-electron chi connectivity index (χ3n) is 2.86. The maximum atomic E-state index is 6.16. The molecule has 0 rings (SSSR count). The summed E-state index contributed by atoms with van der Waals surface area (Å²) in [5.74, 6) is 0.645. The normalized spacial score (nSPS) is 15.5. The molecule has 0 aliphatic carbocycles. The maximum absolute atomic E-state index is 6.16. The van der Waals surface area contributed by atoms with Gasteiger partial charge in [-0.3, -0.25) is 4.90 Å². The zero-order valence-corrected chi connectivity index (χ0v) is 12.1. The average molecular weight is 246 g/mol. The van der Waals surface area contributed by atoms with Crippen molar-refractivity contribution >= 4 is 0 Å². The summed E-state index contributed by atoms with van der Waals surface area (Å²) in [5.41, 5.74) is 6.16. The minimum Gasteiger partial charge on any atom is -0.383 e. The largest absolute Gasteiger partial charge is 0.383 e. The van der Waals surface area contributed by atoms with Crippen molar-refractivity contribution in [2.24, 2.45) is 11.7 Å². The summed E-state index contributed by atoms with van der Waals surface area (Å²) in [5, 5.41) is 0. The van der Waals surface area contributed by atoms with Crippen molar-refractivity contribution in [3.05, 3.63) is 0 Å². The number of ether oxygens (including phenoxy) is 2. The Morgan fingerprint density at radius 2 is 1.76 bits per heavy atom. The number of rotatable bonds is 10. The van der Waals surface area contributed by atoms with E-state index in [1.165, 1.54) is 0 Å². The summed E-state index contributed by atoms with van der Waals surface area (Å²) >= 11 is 0. The monoisotopic (exact) mass is 246 g/mol. The van der Waals surface area contributed by atoms with Crippen LogP contribution in [0, 0.1) is 5.92 Å². The molecule has 0 aliphatic rings. The van der Waals surface area contributed by atoms with E-state index in [9.17, 15) is 0 Å². The molecule has 2 atom stereocenters. The number of hydrogen-bond donors (Lipinski definition) is 1. The van der Waals surface area contributed by atoms with Gasteiger partial charge in [-0.05, 0) is 19.3 Å². The van der Waals surface area contributed by atoms with E-state index in [0.29, 0.717) is 12.0 Å². The fraction of sp³-hybridized carbons (Fsp3) is 1.00. The van der Waals surface area contributed by atoms with Crippen molar-refractivity contribution in [3.8, 4) is 0 Å². The molecule has 0 amide bonds. The van der Waals surface area contributed by atoms with Crippen LogP contribution in [0.1, 0.15) is 27.2 Å². The van der Waals surface area contributed by atoms with E-state index in [4.69, 9.17) is 15.2 Å². The first kappa shape index (κ1) is 16.8. The van der Waals surface area contributed by atoms with Gasteiger partial charge in [0.2, 0.25) is 0 Å². The Morgan fingerprint density at radius 3 is 2.24 bits per heavy atom. The zero-order chi connectivity index (χ0) is 13.3. The lowest BCUT2D eigenvalue weighted by molar-refractivity contribution is 0.0701. The Balaban J connectivity index is 4.16. The first-order chi connectivity index (χ1) is 8.01. The molecule has 1 unspecified atom stereocenters. The van der Waals surface area contributed by atoms with E-state index in [1.807, 2.05) is 0 Å². The molecule has 0 aliphatic heterocycles. The Bertz CT molecular complexity index is 177. The summed E-state index contributed by atoms with van der Waals surface area (Å²) in [4.78, 5) is 2.35. The average Bonchev–Trinajstić information content (AvgIpc) is 2.23. The molecule has 0 heterocycles. The van der Waals surface area contributed by atoms with Crippen LogP contribution in [0.25, 0.3) is 0 Å². The first-order valence-corrected chi connectivity index (χ1v) is 6.48. The van der Waals surface area contributed by atoms with E-state index in [0.717, 1.165) is 32.7 Å². The maximum Gasteiger partial charge on any atom is 0.0615 e. The quantitative estimate of drug-likeness (QED) is 0.632. The minimum absolute atomic E-state index is 0.228. The molecular weight excluding hydrogens is 216 g/mol. The minimum atomic E-state index is 0.228. The van der Waals surface area contributed by atoms with Crippen molar-refractivity contribution in [1.29, 1.82) is 0 Å². The molecule has 0 saturated carbocycles. The summed E-state index contributed by atoms with van der Waals surface area (Å²) in [6, 6.07) is 0.611. The van der Waals surface area contributed by atoms with E-state index in [-0.39, 0.29) is 6.04 Å².